The third kappa shape index (κ3) is 3.80. The van der Waals surface area contributed by atoms with Crippen LogP contribution in [0.25, 0.3) is 0 Å². The van der Waals surface area contributed by atoms with Crippen molar-refractivity contribution in [1.29, 1.82) is 0 Å². The number of carbonyl (C=O) groups is 1. The average Bonchev–Trinajstić information content (AvgIpc) is 2.49. The number of carbonyl (C=O) groups excluding carboxylic acids is 1. The lowest BCUT2D eigenvalue weighted by Crippen LogP contribution is -2.12. The molecule has 2 rings (SSSR count). The Morgan fingerprint density at radius 1 is 1.00 bits per heavy atom. The molecule has 0 heterocycles. The van der Waals surface area contributed by atoms with Crippen molar-refractivity contribution in [2.75, 3.05) is 19.5 Å². The third-order valence-corrected chi connectivity index (χ3v) is 3.35. The summed E-state index contributed by atoms with van der Waals surface area (Å²) in [6.45, 7) is 0. The van der Waals surface area contributed by atoms with Gasteiger partial charge in [0.2, 0.25) is 0 Å². The van der Waals surface area contributed by atoms with Crippen molar-refractivity contribution in [1.82, 2.24) is 0 Å². The van der Waals surface area contributed by atoms with Crippen molar-refractivity contribution in [3.8, 4) is 11.5 Å². The van der Waals surface area contributed by atoms with Crippen molar-refractivity contribution in [3.05, 3.63) is 52.0 Å². The zero-order chi connectivity index (χ0) is 15.4. The number of halogens is 2. The average molecular weight is 326 g/mol. The molecule has 0 saturated carbocycles. The van der Waals surface area contributed by atoms with E-state index < -0.39 is 0 Å². The summed E-state index contributed by atoms with van der Waals surface area (Å²) in [5, 5.41) is 3.50. The summed E-state index contributed by atoms with van der Waals surface area (Å²) in [5.74, 6) is 0.779. The highest BCUT2D eigenvalue weighted by atomic mass is 35.5. The van der Waals surface area contributed by atoms with Crippen LogP contribution in [-0.4, -0.2) is 20.1 Å². The number of hydrogen-bond donors (Lipinski definition) is 1. The normalized spacial score (nSPS) is 10.1. The van der Waals surface area contributed by atoms with Gasteiger partial charge >= 0.3 is 0 Å². The monoisotopic (exact) mass is 325 g/mol. The number of ether oxygens (including phenoxy) is 2. The highest BCUT2D eigenvalue weighted by Gasteiger charge is 2.12. The van der Waals surface area contributed by atoms with E-state index in [9.17, 15) is 4.79 Å². The number of benzene rings is 2. The lowest BCUT2D eigenvalue weighted by Gasteiger charge is -2.10. The van der Waals surface area contributed by atoms with Crippen LogP contribution in [0.5, 0.6) is 11.5 Å². The number of amides is 1. The van der Waals surface area contributed by atoms with Crippen LogP contribution in [0.2, 0.25) is 10.0 Å². The van der Waals surface area contributed by atoms with E-state index in [1.165, 1.54) is 20.3 Å². The fourth-order valence-electron chi connectivity index (χ4n) is 1.75. The van der Waals surface area contributed by atoms with E-state index in [0.717, 1.165) is 0 Å². The molecular formula is C15H13Cl2NO3. The molecular weight excluding hydrogens is 313 g/mol. The maximum absolute atomic E-state index is 12.3. The number of hydrogen-bond acceptors (Lipinski definition) is 3. The summed E-state index contributed by atoms with van der Waals surface area (Å²) in [6, 6.07) is 9.77. The molecule has 1 N–H and O–H groups in total. The van der Waals surface area contributed by atoms with Gasteiger partial charge in [0.25, 0.3) is 5.91 Å². The summed E-state index contributed by atoms with van der Waals surface area (Å²) in [6.07, 6.45) is 0. The van der Waals surface area contributed by atoms with Gasteiger partial charge in [0.15, 0.2) is 0 Å². The molecule has 21 heavy (non-hydrogen) atoms. The Morgan fingerprint density at radius 3 is 2.19 bits per heavy atom. The Hall–Kier alpha value is -1.91. The van der Waals surface area contributed by atoms with E-state index in [0.29, 0.717) is 32.8 Å². The summed E-state index contributed by atoms with van der Waals surface area (Å²) >= 11 is 11.9. The maximum atomic E-state index is 12.3. The van der Waals surface area contributed by atoms with Gasteiger partial charge in [-0.2, -0.15) is 0 Å². The number of anilines is 1. The standard InChI is InChI=1S/C15H13Cl2NO3/c1-20-11-6-10(7-12(8-11)21-2)18-15(19)13-5-9(16)3-4-14(13)17/h3-8H,1-2H3,(H,18,19). The SMILES string of the molecule is COc1cc(NC(=O)c2cc(Cl)ccc2Cl)cc(OC)c1. The summed E-state index contributed by atoms with van der Waals surface area (Å²) in [5.41, 5.74) is 0.832. The Balaban J connectivity index is 2.28. The Morgan fingerprint density at radius 2 is 1.62 bits per heavy atom. The quantitative estimate of drug-likeness (QED) is 0.913. The zero-order valence-electron chi connectivity index (χ0n) is 11.4. The molecule has 2 aromatic carbocycles. The lowest BCUT2D eigenvalue weighted by molar-refractivity contribution is 0.102. The van der Waals surface area contributed by atoms with Crippen molar-refractivity contribution in [2.45, 2.75) is 0 Å². The van der Waals surface area contributed by atoms with Crippen molar-refractivity contribution in [2.24, 2.45) is 0 Å². The molecule has 0 aliphatic carbocycles. The first-order valence-corrected chi connectivity index (χ1v) is 6.78. The Bertz CT molecular complexity index is 652. The minimum absolute atomic E-state index is 0.297. The second-order valence-electron chi connectivity index (χ2n) is 4.18. The molecule has 0 aromatic heterocycles. The predicted octanol–water partition coefficient (Wildman–Crippen LogP) is 4.26. The molecule has 0 spiro atoms. The largest absolute Gasteiger partial charge is 0.497 e. The van der Waals surface area contributed by atoms with Crippen molar-refractivity contribution in [3.63, 3.8) is 0 Å². The van der Waals surface area contributed by atoms with E-state index in [1.54, 1.807) is 30.3 Å². The molecule has 0 bridgehead atoms. The minimum atomic E-state index is -0.363. The molecule has 0 saturated heterocycles. The van der Waals surface area contributed by atoms with Crippen LogP contribution in [0.15, 0.2) is 36.4 Å². The summed E-state index contributed by atoms with van der Waals surface area (Å²) in [7, 11) is 3.07. The summed E-state index contributed by atoms with van der Waals surface area (Å²) in [4.78, 5) is 12.3. The number of nitrogens with one attached hydrogen (secondary N) is 1. The second-order valence-corrected chi connectivity index (χ2v) is 5.02. The number of methoxy groups -OCH3 is 2. The molecule has 6 heteroatoms. The predicted molar refractivity (Wildman–Crippen MR) is 84.0 cm³/mol. The topological polar surface area (TPSA) is 47.6 Å². The van der Waals surface area contributed by atoms with Gasteiger partial charge in [-0.1, -0.05) is 23.2 Å². The van der Waals surface area contributed by atoms with Crippen LogP contribution in [0.4, 0.5) is 5.69 Å². The molecule has 0 aliphatic heterocycles. The van der Waals surface area contributed by atoms with Gasteiger partial charge in [0, 0.05) is 28.9 Å². The molecule has 0 radical (unpaired) electrons. The smallest absolute Gasteiger partial charge is 0.257 e. The number of rotatable bonds is 4. The van der Waals surface area contributed by atoms with Crippen molar-refractivity contribution >= 4 is 34.8 Å². The van der Waals surface area contributed by atoms with E-state index >= 15 is 0 Å². The van der Waals surface area contributed by atoms with Crippen LogP contribution < -0.4 is 14.8 Å². The van der Waals surface area contributed by atoms with Crippen LogP contribution in [0.3, 0.4) is 0 Å². The molecule has 1 amide bonds. The Kier molecular flexibility index (Phi) is 4.94. The lowest BCUT2D eigenvalue weighted by atomic mass is 10.2. The van der Waals surface area contributed by atoms with Gasteiger partial charge in [0.1, 0.15) is 11.5 Å². The van der Waals surface area contributed by atoms with E-state index in [4.69, 9.17) is 32.7 Å². The highest BCUT2D eigenvalue weighted by Crippen LogP contribution is 2.27. The van der Waals surface area contributed by atoms with Gasteiger partial charge in [0.05, 0.1) is 24.8 Å². The molecule has 0 unspecified atom stereocenters. The molecule has 110 valence electrons. The third-order valence-electron chi connectivity index (χ3n) is 2.78. The van der Waals surface area contributed by atoms with E-state index in [-0.39, 0.29) is 5.91 Å². The zero-order valence-corrected chi connectivity index (χ0v) is 13.0. The second kappa shape index (κ2) is 6.70. The van der Waals surface area contributed by atoms with Crippen LogP contribution in [0, 0.1) is 0 Å². The summed E-state index contributed by atoms with van der Waals surface area (Å²) < 4.78 is 10.3. The van der Waals surface area contributed by atoms with Gasteiger partial charge in [-0.05, 0) is 18.2 Å². The Labute approximate surface area is 132 Å². The molecule has 2 aromatic rings. The van der Waals surface area contributed by atoms with Gasteiger partial charge in [-0.15, -0.1) is 0 Å². The first kappa shape index (κ1) is 15.5. The first-order chi connectivity index (χ1) is 10.0. The van der Waals surface area contributed by atoms with E-state index in [2.05, 4.69) is 5.32 Å². The van der Waals surface area contributed by atoms with Crippen LogP contribution in [0.1, 0.15) is 10.4 Å². The fraction of sp³-hybridized carbons (Fsp3) is 0.133. The minimum Gasteiger partial charge on any atom is -0.497 e. The highest BCUT2D eigenvalue weighted by molar-refractivity contribution is 6.36. The fourth-order valence-corrected chi connectivity index (χ4v) is 2.13. The van der Waals surface area contributed by atoms with Crippen LogP contribution >= 0.6 is 23.2 Å². The molecule has 0 aliphatic rings. The van der Waals surface area contributed by atoms with Gasteiger partial charge in [-0.3, -0.25) is 4.79 Å². The van der Waals surface area contributed by atoms with Gasteiger partial charge < -0.3 is 14.8 Å². The van der Waals surface area contributed by atoms with Crippen LogP contribution in [-0.2, 0) is 0 Å². The molecule has 0 fully saturated rings. The molecule has 4 nitrogen and oxygen atoms in total. The van der Waals surface area contributed by atoms with Crippen molar-refractivity contribution < 1.29 is 14.3 Å². The first-order valence-electron chi connectivity index (χ1n) is 6.03. The maximum Gasteiger partial charge on any atom is 0.257 e. The van der Waals surface area contributed by atoms with Gasteiger partial charge in [-0.25, -0.2) is 0 Å². The molecule has 0 atom stereocenters. The van der Waals surface area contributed by atoms with E-state index in [1.807, 2.05) is 0 Å².